The molecule has 2 aromatic rings. The van der Waals surface area contributed by atoms with Crippen molar-refractivity contribution in [1.82, 2.24) is 9.62 Å². The highest BCUT2D eigenvalue weighted by atomic mass is 32.2. The minimum absolute atomic E-state index is 0.156. The normalized spacial score (nSPS) is 17.1. The van der Waals surface area contributed by atoms with E-state index in [-0.39, 0.29) is 18.4 Å². The average molecular weight is 457 g/mol. The van der Waals surface area contributed by atoms with Crippen LogP contribution >= 0.6 is 0 Å². The standard InChI is InChI=1S/C24H28N2O5S/c1-2-30-22-10-6-7-19-15-20(17-31-23(19)22)24(27)25-16-18-11-13-26(14-12-18)32(28,29)21-8-4-3-5-9-21/h3-10,15,18H,2,11-14,16-17H2,1H3,(H,25,27). The molecule has 0 saturated carbocycles. The Balaban J connectivity index is 1.31. The van der Waals surface area contributed by atoms with Crippen LogP contribution in [0.15, 0.2) is 59.0 Å². The van der Waals surface area contributed by atoms with Crippen LogP contribution in [0.1, 0.15) is 25.3 Å². The van der Waals surface area contributed by atoms with Crippen molar-refractivity contribution >= 4 is 22.0 Å². The molecule has 1 saturated heterocycles. The number of hydrogen-bond donors (Lipinski definition) is 1. The second kappa shape index (κ2) is 9.75. The number of benzene rings is 2. The molecule has 170 valence electrons. The Labute approximate surface area is 189 Å². The number of piperidine rings is 1. The minimum Gasteiger partial charge on any atom is -0.490 e. The van der Waals surface area contributed by atoms with E-state index in [1.807, 2.05) is 31.2 Å². The van der Waals surface area contributed by atoms with Crippen molar-refractivity contribution in [2.75, 3.05) is 32.8 Å². The molecular weight excluding hydrogens is 428 g/mol. The monoisotopic (exact) mass is 456 g/mol. The summed E-state index contributed by atoms with van der Waals surface area (Å²) in [4.78, 5) is 13.0. The number of hydrogen-bond acceptors (Lipinski definition) is 5. The van der Waals surface area contributed by atoms with Gasteiger partial charge in [0.25, 0.3) is 5.91 Å². The molecule has 2 aliphatic rings. The van der Waals surface area contributed by atoms with E-state index in [0.29, 0.717) is 61.1 Å². The number of nitrogens with one attached hydrogen (secondary N) is 1. The molecule has 32 heavy (non-hydrogen) atoms. The van der Waals surface area contributed by atoms with Crippen LogP contribution in [0.2, 0.25) is 0 Å². The lowest BCUT2D eigenvalue weighted by Gasteiger charge is -2.31. The Morgan fingerprint density at radius 3 is 2.59 bits per heavy atom. The van der Waals surface area contributed by atoms with Gasteiger partial charge >= 0.3 is 0 Å². The predicted molar refractivity (Wildman–Crippen MR) is 122 cm³/mol. The van der Waals surface area contributed by atoms with Crippen molar-refractivity contribution < 1.29 is 22.7 Å². The molecule has 8 heteroatoms. The van der Waals surface area contributed by atoms with Crippen LogP contribution in [0.25, 0.3) is 6.08 Å². The maximum atomic E-state index is 12.8. The van der Waals surface area contributed by atoms with Crippen LogP contribution in [-0.2, 0) is 14.8 Å². The third-order valence-electron chi connectivity index (χ3n) is 5.81. The maximum absolute atomic E-state index is 12.8. The molecular formula is C24H28N2O5S. The second-order valence-electron chi connectivity index (χ2n) is 7.94. The first-order valence-corrected chi connectivity index (χ1v) is 12.4. The van der Waals surface area contributed by atoms with Crippen LogP contribution in [0.5, 0.6) is 11.5 Å². The van der Waals surface area contributed by atoms with Gasteiger partial charge in [0.2, 0.25) is 10.0 Å². The summed E-state index contributed by atoms with van der Waals surface area (Å²) in [6.07, 6.45) is 3.26. The first kappa shape index (κ1) is 22.4. The largest absolute Gasteiger partial charge is 0.490 e. The summed E-state index contributed by atoms with van der Waals surface area (Å²) >= 11 is 0. The maximum Gasteiger partial charge on any atom is 0.250 e. The van der Waals surface area contributed by atoms with E-state index >= 15 is 0 Å². The van der Waals surface area contributed by atoms with E-state index in [0.717, 1.165) is 5.56 Å². The summed E-state index contributed by atoms with van der Waals surface area (Å²) in [5, 5.41) is 2.99. The lowest BCUT2D eigenvalue weighted by atomic mass is 9.98. The first-order valence-electron chi connectivity index (χ1n) is 10.9. The number of ether oxygens (including phenoxy) is 2. The van der Waals surface area contributed by atoms with Gasteiger partial charge in [-0.15, -0.1) is 0 Å². The van der Waals surface area contributed by atoms with Gasteiger partial charge in [-0.05, 0) is 50.0 Å². The molecule has 2 aromatic carbocycles. The number of amides is 1. The third kappa shape index (κ3) is 4.81. The molecule has 1 N–H and O–H groups in total. The Kier molecular flexibility index (Phi) is 6.81. The number of carbonyl (C=O) groups excluding carboxylic acids is 1. The van der Waals surface area contributed by atoms with Crippen LogP contribution in [0.4, 0.5) is 0 Å². The molecule has 2 heterocycles. The molecule has 7 nitrogen and oxygen atoms in total. The zero-order valence-electron chi connectivity index (χ0n) is 18.1. The molecule has 0 aliphatic carbocycles. The Morgan fingerprint density at radius 2 is 1.88 bits per heavy atom. The zero-order chi connectivity index (χ0) is 22.6. The molecule has 0 spiro atoms. The summed E-state index contributed by atoms with van der Waals surface area (Å²) in [5.74, 6) is 1.43. The molecule has 1 amide bonds. The second-order valence-corrected chi connectivity index (χ2v) is 9.87. The highest BCUT2D eigenvalue weighted by Crippen LogP contribution is 2.35. The quantitative estimate of drug-likeness (QED) is 0.692. The Hall–Kier alpha value is -2.84. The van der Waals surface area contributed by atoms with Crippen molar-refractivity contribution in [3.05, 3.63) is 59.7 Å². The van der Waals surface area contributed by atoms with Gasteiger partial charge in [-0.1, -0.05) is 30.3 Å². The Morgan fingerprint density at radius 1 is 1.12 bits per heavy atom. The van der Waals surface area contributed by atoms with Crippen molar-refractivity contribution in [3.63, 3.8) is 0 Å². The van der Waals surface area contributed by atoms with Crippen LogP contribution < -0.4 is 14.8 Å². The number of para-hydroxylation sites is 1. The van der Waals surface area contributed by atoms with E-state index < -0.39 is 10.0 Å². The van der Waals surface area contributed by atoms with E-state index in [9.17, 15) is 13.2 Å². The molecule has 1 fully saturated rings. The first-order chi connectivity index (χ1) is 15.5. The van der Waals surface area contributed by atoms with E-state index in [1.165, 1.54) is 4.31 Å². The number of fused-ring (bicyclic) bond motifs is 1. The molecule has 0 radical (unpaired) electrons. The molecule has 0 unspecified atom stereocenters. The van der Waals surface area contributed by atoms with Crippen molar-refractivity contribution in [2.45, 2.75) is 24.7 Å². The van der Waals surface area contributed by atoms with Gasteiger partial charge in [0.05, 0.1) is 17.1 Å². The highest BCUT2D eigenvalue weighted by Gasteiger charge is 2.29. The summed E-state index contributed by atoms with van der Waals surface area (Å²) in [7, 11) is -3.46. The van der Waals surface area contributed by atoms with Gasteiger partial charge in [-0.25, -0.2) is 8.42 Å². The number of carbonyl (C=O) groups is 1. The number of nitrogens with zero attached hydrogens (tertiary/aromatic N) is 1. The van der Waals surface area contributed by atoms with Gasteiger partial charge in [-0.2, -0.15) is 4.31 Å². The van der Waals surface area contributed by atoms with Gasteiger partial charge in [0.15, 0.2) is 11.5 Å². The lowest BCUT2D eigenvalue weighted by molar-refractivity contribution is -0.118. The summed E-state index contributed by atoms with van der Waals surface area (Å²) < 4.78 is 38.4. The number of sulfonamides is 1. The van der Waals surface area contributed by atoms with Crippen LogP contribution in [-0.4, -0.2) is 51.5 Å². The summed E-state index contributed by atoms with van der Waals surface area (Å²) in [5.41, 5.74) is 1.39. The number of rotatable bonds is 7. The molecule has 0 aromatic heterocycles. The lowest BCUT2D eigenvalue weighted by Crippen LogP contribution is -2.42. The van der Waals surface area contributed by atoms with Crippen molar-refractivity contribution in [3.8, 4) is 11.5 Å². The van der Waals surface area contributed by atoms with Gasteiger partial charge in [0.1, 0.15) is 6.61 Å². The molecule has 0 atom stereocenters. The molecule has 4 rings (SSSR count). The smallest absolute Gasteiger partial charge is 0.250 e. The zero-order valence-corrected chi connectivity index (χ0v) is 18.9. The SMILES string of the molecule is CCOc1cccc2c1OCC(C(=O)NCC1CCN(S(=O)(=O)c3ccccc3)CC1)=C2. The fourth-order valence-corrected chi connectivity index (χ4v) is 5.52. The van der Waals surface area contributed by atoms with Crippen molar-refractivity contribution in [2.24, 2.45) is 5.92 Å². The predicted octanol–water partition coefficient (Wildman–Crippen LogP) is 3.08. The highest BCUT2D eigenvalue weighted by molar-refractivity contribution is 7.89. The third-order valence-corrected chi connectivity index (χ3v) is 7.72. The molecule has 2 aliphatic heterocycles. The summed E-state index contributed by atoms with van der Waals surface area (Å²) in [6, 6.07) is 14.1. The van der Waals surface area contributed by atoms with E-state index in [4.69, 9.17) is 9.47 Å². The van der Waals surface area contributed by atoms with Crippen LogP contribution in [0, 0.1) is 5.92 Å². The van der Waals surface area contributed by atoms with Crippen LogP contribution in [0.3, 0.4) is 0 Å². The summed E-state index contributed by atoms with van der Waals surface area (Å²) in [6.45, 7) is 4.08. The van der Waals surface area contributed by atoms with Gasteiger partial charge in [0, 0.05) is 25.2 Å². The Bertz CT molecular complexity index is 1090. The minimum atomic E-state index is -3.46. The van der Waals surface area contributed by atoms with E-state index in [2.05, 4.69) is 5.32 Å². The van der Waals surface area contributed by atoms with Gasteiger partial charge in [-0.3, -0.25) is 4.79 Å². The fraction of sp³-hybridized carbons (Fsp3) is 0.375. The van der Waals surface area contributed by atoms with Gasteiger partial charge < -0.3 is 14.8 Å². The topological polar surface area (TPSA) is 84.9 Å². The average Bonchev–Trinajstić information content (AvgIpc) is 2.83. The fourth-order valence-electron chi connectivity index (χ4n) is 4.03. The molecule has 0 bridgehead atoms. The van der Waals surface area contributed by atoms with Crippen molar-refractivity contribution in [1.29, 1.82) is 0 Å². The van der Waals surface area contributed by atoms with E-state index in [1.54, 1.807) is 30.3 Å².